The van der Waals surface area contributed by atoms with E-state index in [1.54, 1.807) is 25.1 Å². The Kier molecular flexibility index (Phi) is 7.82. The molecule has 0 radical (unpaired) electrons. The van der Waals surface area contributed by atoms with E-state index < -0.39 is 5.82 Å². The number of hydrogen-bond acceptors (Lipinski definition) is 2. The fourth-order valence-corrected chi connectivity index (χ4v) is 2.37. The van der Waals surface area contributed by atoms with E-state index in [4.69, 9.17) is 0 Å². The second-order valence-corrected chi connectivity index (χ2v) is 5.37. The lowest BCUT2D eigenvalue weighted by Crippen LogP contribution is -2.26. The van der Waals surface area contributed by atoms with Gasteiger partial charge in [0.1, 0.15) is 11.6 Å². The second-order valence-electron chi connectivity index (χ2n) is 5.37. The molecule has 2 aromatic rings. The summed E-state index contributed by atoms with van der Waals surface area (Å²) >= 11 is 0. The zero-order valence-corrected chi connectivity index (χ0v) is 14.5. The van der Waals surface area contributed by atoms with Crippen LogP contribution in [0.25, 0.3) is 11.1 Å². The summed E-state index contributed by atoms with van der Waals surface area (Å²) in [4.78, 5) is 12.0. The van der Waals surface area contributed by atoms with E-state index in [1.165, 1.54) is 18.2 Å². The second kappa shape index (κ2) is 9.35. The Labute approximate surface area is 146 Å². The summed E-state index contributed by atoms with van der Waals surface area (Å²) in [5.74, 6) is -1.16. The Hall–Kier alpha value is -1.98. The van der Waals surface area contributed by atoms with E-state index in [2.05, 4.69) is 10.6 Å². The van der Waals surface area contributed by atoms with Gasteiger partial charge in [0, 0.05) is 17.7 Å². The molecule has 2 rings (SSSR count). The molecule has 0 fully saturated rings. The van der Waals surface area contributed by atoms with Crippen molar-refractivity contribution in [1.82, 2.24) is 10.6 Å². The van der Waals surface area contributed by atoms with Crippen molar-refractivity contribution in [3.05, 3.63) is 59.2 Å². The highest BCUT2D eigenvalue weighted by molar-refractivity contribution is 5.94. The summed E-state index contributed by atoms with van der Waals surface area (Å²) in [5, 5.41) is 5.73. The molecule has 0 aliphatic carbocycles. The molecule has 0 atom stereocenters. The van der Waals surface area contributed by atoms with Crippen LogP contribution in [-0.2, 0) is 0 Å². The lowest BCUT2D eigenvalue weighted by molar-refractivity contribution is 0.0953. The van der Waals surface area contributed by atoms with Crippen LogP contribution in [0, 0.1) is 18.6 Å². The maximum atomic E-state index is 14.3. The molecule has 3 nitrogen and oxygen atoms in total. The molecule has 0 aliphatic rings. The molecule has 2 aromatic carbocycles. The molecule has 130 valence electrons. The standard InChI is InChI=1S/C18H20F2N2O.ClH/c1-12-10-14(19)5-7-15(12)16-6-4-13(11-17(16)20)18(23)22-9-3-8-21-2;/h4-7,10-11,21H,3,8-9H2,1-2H3,(H,22,23);1H. The molecule has 0 spiro atoms. The van der Waals surface area contributed by atoms with Crippen molar-refractivity contribution in [1.29, 1.82) is 0 Å². The van der Waals surface area contributed by atoms with Crippen LogP contribution in [0.3, 0.4) is 0 Å². The molecule has 1 amide bonds. The average molecular weight is 355 g/mol. The third kappa shape index (κ3) is 5.01. The van der Waals surface area contributed by atoms with Crippen molar-refractivity contribution in [3.8, 4) is 11.1 Å². The minimum Gasteiger partial charge on any atom is -0.352 e. The third-order valence-corrected chi connectivity index (χ3v) is 3.60. The Morgan fingerprint density at radius 3 is 2.38 bits per heavy atom. The maximum Gasteiger partial charge on any atom is 0.251 e. The molecule has 2 N–H and O–H groups in total. The highest BCUT2D eigenvalue weighted by Gasteiger charge is 2.12. The highest BCUT2D eigenvalue weighted by Crippen LogP contribution is 2.27. The normalized spacial score (nSPS) is 10.2. The summed E-state index contributed by atoms with van der Waals surface area (Å²) in [6, 6.07) is 8.54. The van der Waals surface area contributed by atoms with Crippen LogP contribution in [0.5, 0.6) is 0 Å². The number of carbonyl (C=O) groups excluding carboxylic acids is 1. The summed E-state index contributed by atoms with van der Waals surface area (Å²) in [7, 11) is 1.84. The number of aryl methyl sites for hydroxylation is 1. The Morgan fingerprint density at radius 2 is 1.75 bits per heavy atom. The van der Waals surface area contributed by atoms with Gasteiger partial charge in [-0.3, -0.25) is 4.79 Å². The van der Waals surface area contributed by atoms with Crippen molar-refractivity contribution < 1.29 is 13.6 Å². The monoisotopic (exact) mass is 354 g/mol. The minimum absolute atomic E-state index is 0. The van der Waals surface area contributed by atoms with E-state index in [0.717, 1.165) is 13.0 Å². The first-order chi connectivity index (χ1) is 11.0. The van der Waals surface area contributed by atoms with Gasteiger partial charge in [-0.05, 0) is 62.3 Å². The molecule has 24 heavy (non-hydrogen) atoms. The smallest absolute Gasteiger partial charge is 0.251 e. The van der Waals surface area contributed by atoms with E-state index in [9.17, 15) is 13.6 Å². The summed E-state index contributed by atoms with van der Waals surface area (Å²) in [5.41, 5.74) is 1.89. The van der Waals surface area contributed by atoms with Gasteiger partial charge in [0.05, 0.1) is 0 Å². The van der Waals surface area contributed by atoms with Crippen molar-refractivity contribution in [2.45, 2.75) is 13.3 Å². The zero-order valence-electron chi connectivity index (χ0n) is 13.7. The molecule has 0 bridgehead atoms. The number of carbonyl (C=O) groups is 1. The highest BCUT2D eigenvalue weighted by atomic mass is 35.5. The van der Waals surface area contributed by atoms with Crippen molar-refractivity contribution in [2.24, 2.45) is 0 Å². The SMILES string of the molecule is CNCCCNC(=O)c1ccc(-c2ccc(F)cc2C)c(F)c1.Cl. The largest absolute Gasteiger partial charge is 0.352 e. The maximum absolute atomic E-state index is 14.3. The van der Waals surface area contributed by atoms with Crippen LogP contribution in [-0.4, -0.2) is 26.0 Å². The molecule has 6 heteroatoms. The molecule has 0 saturated carbocycles. The molecule has 0 unspecified atom stereocenters. The molecule has 0 heterocycles. The van der Waals surface area contributed by atoms with Crippen LogP contribution in [0.4, 0.5) is 8.78 Å². The van der Waals surface area contributed by atoms with Crippen molar-refractivity contribution >= 4 is 18.3 Å². The Bertz CT molecular complexity index is 707. The van der Waals surface area contributed by atoms with Crippen LogP contribution in [0.15, 0.2) is 36.4 Å². The molecule has 0 saturated heterocycles. The van der Waals surface area contributed by atoms with Gasteiger partial charge in [0.25, 0.3) is 5.91 Å². The van der Waals surface area contributed by atoms with Crippen LogP contribution in [0.2, 0.25) is 0 Å². The van der Waals surface area contributed by atoms with E-state index >= 15 is 0 Å². The first-order valence-corrected chi connectivity index (χ1v) is 7.52. The number of nitrogens with one attached hydrogen (secondary N) is 2. The van der Waals surface area contributed by atoms with Crippen LogP contribution < -0.4 is 10.6 Å². The van der Waals surface area contributed by atoms with Crippen molar-refractivity contribution in [3.63, 3.8) is 0 Å². The van der Waals surface area contributed by atoms with Gasteiger partial charge in [-0.25, -0.2) is 8.78 Å². The van der Waals surface area contributed by atoms with Crippen LogP contribution >= 0.6 is 12.4 Å². The molecule has 0 aliphatic heterocycles. The van der Waals surface area contributed by atoms with Gasteiger partial charge in [0.15, 0.2) is 0 Å². The zero-order chi connectivity index (χ0) is 16.8. The number of rotatable bonds is 6. The fourth-order valence-electron chi connectivity index (χ4n) is 2.37. The van der Waals surface area contributed by atoms with Crippen LogP contribution in [0.1, 0.15) is 22.3 Å². The summed E-state index contributed by atoms with van der Waals surface area (Å²) in [6.45, 7) is 3.05. The van der Waals surface area contributed by atoms with Gasteiger partial charge in [-0.15, -0.1) is 12.4 Å². The van der Waals surface area contributed by atoms with Gasteiger partial charge in [0.2, 0.25) is 0 Å². The minimum atomic E-state index is -0.498. The summed E-state index contributed by atoms with van der Waals surface area (Å²) < 4.78 is 27.5. The lowest BCUT2D eigenvalue weighted by atomic mass is 9.98. The average Bonchev–Trinajstić information content (AvgIpc) is 2.52. The van der Waals surface area contributed by atoms with E-state index in [0.29, 0.717) is 23.2 Å². The Morgan fingerprint density at radius 1 is 1.04 bits per heavy atom. The number of benzene rings is 2. The number of hydrogen-bond donors (Lipinski definition) is 2. The van der Waals surface area contributed by atoms with E-state index in [1.807, 2.05) is 7.05 Å². The summed E-state index contributed by atoms with van der Waals surface area (Å²) in [6.07, 6.45) is 0.803. The lowest BCUT2D eigenvalue weighted by Gasteiger charge is -2.10. The quantitative estimate of drug-likeness (QED) is 0.777. The third-order valence-electron chi connectivity index (χ3n) is 3.60. The first-order valence-electron chi connectivity index (χ1n) is 7.52. The predicted octanol–water partition coefficient (Wildman–Crippen LogP) is 3.70. The molecular formula is C18H21ClF2N2O. The first kappa shape index (κ1) is 20.1. The fraction of sp³-hybridized carbons (Fsp3) is 0.278. The van der Waals surface area contributed by atoms with Gasteiger partial charge >= 0.3 is 0 Å². The number of amides is 1. The van der Waals surface area contributed by atoms with Crippen molar-refractivity contribution in [2.75, 3.05) is 20.1 Å². The van der Waals surface area contributed by atoms with Gasteiger partial charge in [-0.1, -0.05) is 12.1 Å². The van der Waals surface area contributed by atoms with E-state index in [-0.39, 0.29) is 29.7 Å². The van der Waals surface area contributed by atoms with Gasteiger partial charge < -0.3 is 10.6 Å². The predicted molar refractivity (Wildman–Crippen MR) is 94.7 cm³/mol. The topological polar surface area (TPSA) is 41.1 Å². The molecule has 0 aromatic heterocycles. The Balaban J connectivity index is 0.00000288. The number of halogens is 3. The molecular weight excluding hydrogens is 334 g/mol. The van der Waals surface area contributed by atoms with Gasteiger partial charge in [-0.2, -0.15) is 0 Å².